The maximum absolute atomic E-state index is 12.6. The van der Waals surface area contributed by atoms with Gasteiger partial charge in [0, 0.05) is 30.3 Å². The van der Waals surface area contributed by atoms with Crippen molar-refractivity contribution in [2.45, 2.75) is 6.04 Å². The third-order valence-electron chi connectivity index (χ3n) is 3.16. The number of rotatable bonds is 2. The molecule has 0 aromatic heterocycles. The zero-order valence-corrected chi connectivity index (χ0v) is 12.8. The van der Waals surface area contributed by atoms with E-state index in [4.69, 9.17) is 0 Å². The van der Waals surface area contributed by atoms with Crippen molar-refractivity contribution in [1.82, 2.24) is 15.5 Å². The van der Waals surface area contributed by atoms with Crippen molar-refractivity contribution >= 4 is 34.4 Å². The Labute approximate surface area is 125 Å². The molecule has 1 aromatic carbocycles. The lowest BCUT2D eigenvalue weighted by atomic mass is 10.1. The molecule has 0 aliphatic carbocycles. The molecule has 2 N–H and O–H groups in total. The Balaban J connectivity index is 2.25. The quantitative estimate of drug-likeness (QED) is 0.741. The summed E-state index contributed by atoms with van der Waals surface area (Å²) in [6.45, 7) is 1.75. The van der Waals surface area contributed by atoms with Gasteiger partial charge in [-0.2, -0.15) is 0 Å². The van der Waals surface area contributed by atoms with E-state index in [9.17, 15) is 9.59 Å². The van der Waals surface area contributed by atoms with Gasteiger partial charge in [0.25, 0.3) is 5.91 Å². The lowest BCUT2D eigenvalue weighted by Crippen LogP contribution is -2.59. The van der Waals surface area contributed by atoms with Gasteiger partial charge in [-0.25, -0.2) is 0 Å². The molecule has 19 heavy (non-hydrogen) atoms. The fourth-order valence-electron chi connectivity index (χ4n) is 2.14. The molecule has 2 rings (SSSR count). The number of hydrogen-bond donors (Lipinski definition) is 2. The van der Waals surface area contributed by atoms with E-state index >= 15 is 0 Å². The number of amides is 2. The van der Waals surface area contributed by atoms with Gasteiger partial charge in [0.1, 0.15) is 6.04 Å². The minimum absolute atomic E-state index is 0.0832. The summed E-state index contributed by atoms with van der Waals surface area (Å²) < 4.78 is 0.902. The van der Waals surface area contributed by atoms with Crippen LogP contribution in [-0.4, -0.2) is 49.4 Å². The number of piperazine rings is 1. The lowest BCUT2D eigenvalue weighted by molar-refractivity contribution is -0.125. The maximum atomic E-state index is 12.6. The fourth-order valence-corrected chi connectivity index (χ4v) is 2.76. The molecule has 2 amide bonds. The fraction of sp³-hybridized carbons (Fsp3) is 0.385. The van der Waals surface area contributed by atoms with Crippen LogP contribution in [-0.2, 0) is 4.79 Å². The van der Waals surface area contributed by atoms with E-state index in [1.54, 1.807) is 18.0 Å². The minimum Gasteiger partial charge on any atom is -0.357 e. The highest BCUT2D eigenvalue weighted by Crippen LogP contribution is 2.16. The predicted molar refractivity (Wildman–Crippen MR) is 80.9 cm³/mol. The number of carbonyl (C=O) groups is 2. The summed E-state index contributed by atoms with van der Waals surface area (Å²) in [5.41, 5.74) is 0.652. The molecule has 5 nitrogen and oxygen atoms in total. The van der Waals surface area contributed by atoms with Crippen LogP contribution in [0.1, 0.15) is 10.4 Å². The van der Waals surface area contributed by atoms with Crippen molar-refractivity contribution in [3.8, 4) is 0 Å². The van der Waals surface area contributed by atoms with E-state index in [1.807, 2.05) is 18.2 Å². The molecule has 1 aliphatic heterocycles. The van der Waals surface area contributed by atoms with Crippen molar-refractivity contribution in [1.29, 1.82) is 0 Å². The van der Waals surface area contributed by atoms with Gasteiger partial charge in [-0.15, -0.1) is 0 Å². The Bertz CT molecular complexity index is 493. The van der Waals surface area contributed by atoms with Gasteiger partial charge in [0.05, 0.1) is 5.56 Å². The Kier molecular flexibility index (Phi) is 4.76. The molecular formula is C13H16IN3O2. The smallest absolute Gasteiger partial charge is 0.255 e. The summed E-state index contributed by atoms with van der Waals surface area (Å²) in [5, 5.41) is 5.76. The van der Waals surface area contributed by atoms with Crippen LogP contribution in [0.4, 0.5) is 0 Å². The van der Waals surface area contributed by atoms with Gasteiger partial charge in [-0.1, -0.05) is 12.1 Å². The second-order valence-electron chi connectivity index (χ2n) is 4.31. The molecule has 6 heteroatoms. The van der Waals surface area contributed by atoms with Gasteiger partial charge in [-0.05, 0) is 34.7 Å². The Morgan fingerprint density at radius 2 is 2.16 bits per heavy atom. The third kappa shape index (κ3) is 3.06. The molecule has 1 unspecified atom stereocenters. The molecule has 0 bridgehead atoms. The van der Waals surface area contributed by atoms with Gasteiger partial charge < -0.3 is 15.5 Å². The van der Waals surface area contributed by atoms with Crippen molar-refractivity contribution in [2.24, 2.45) is 0 Å². The number of nitrogens with one attached hydrogen (secondary N) is 2. The summed E-state index contributed by atoms with van der Waals surface area (Å²) in [4.78, 5) is 26.1. The van der Waals surface area contributed by atoms with Crippen LogP contribution in [0.5, 0.6) is 0 Å². The number of likely N-dealkylation sites (N-methyl/N-ethyl adjacent to an activating group) is 1. The van der Waals surface area contributed by atoms with Crippen LogP contribution in [0, 0.1) is 3.57 Å². The largest absolute Gasteiger partial charge is 0.357 e. The molecule has 0 radical (unpaired) electrons. The number of halogens is 1. The molecule has 1 saturated heterocycles. The van der Waals surface area contributed by atoms with E-state index < -0.39 is 6.04 Å². The Morgan fingerprint density at radius 3 is 2.84 bits per heavy atom. The topological polar surface area (TPSA) is 61.4 Å². The summed E-state index contributed by atoms with van der Waals surface area (Å²) in [6.07, 6.45) is 0. The van der Waals surface area contributed by atoms with Gasteiger partial charge in [-0.3, -0.25) is 9.59 Å². The number of hydrogen-bond acceptors (Lipinski definition) is 3. The number of nitrogens with zero attached hydrogens (tertiary/aromatic N) is 1. The van der Waals surface area contributed by atoms with Crippen LogP contribution < -0.4 is 10.6 Å². The first-order valence-corrected chi connectivity index (χ1v) is 7.21. The standard InChI is InChI=1S/C13H16IN3O2/c1-15-12(18)11-8-16-6-7-17(11)13(19)9-4-2-3-5-10(9)14/h2-5,11,16H,6-8H2,1H3,(H,15,18). The van der Waals surface area contributed by atoms with E-state index in [0.717, 1.165) is 3.57 Å². The maximum Gasteiger partial charge on any atom is 0.255 e. The number of carbonyl (C=O) groups excluding carboxylic acids is 2. The number of benzene rings is 1. The van der Waals surface area contributed by atoms with Crippen molar-refractivity contribution in [2.75, 3.05) is 26.7 Å². The highest BCUT2D eigenvalue weighted by Gasteiger charge is 2.32. The Hall–Kier alpha value is -1.15. The summed E-state index contributed by atoms with van der Waals surface area (Å²) in [6, 6.07) is 6.99. The first-order chi connectivity index (χ1) is 9.15. The van der Waals surface area contributed by atoms with Crippen molar-refractivity contribution in [3.05, 3.63) is 33.4 Å². The average Bonchev–Trinajstić information content (AvgIpc) is 2.46. The highest BCUT2D eigenvalue weighted by atomic mass is 127. The van der Waals surface area contributed by atoms with E-state index in [-0.39, 0.29) is 11.8 Å². The monoisotopic (exact) mass is 373 g/mol. The van der Waals surface area contributed by atoms with Gasteiger partial charge in [0.2, 0.25) is 5.91 Å². The van der Waals surface area contributed by atoms with Gasteiger partial charge in [0.15, 0.2) is 0 Å². The average molecular weight is 373 g/mol. The second-order valence-corrected chi connectivity index (χ2v) is 5.47. The summed E-state index contributed by atoms with van der Waals surface area (Å²) >= 11 is 2.14. The first kappa shape index (κ1) is 14.3. The minimum atomic E-state index is -0.442. The van der Waals surface area contributed by atoms with Crippen LogP contribution in [0.2, 0.25) is 0 Å². The van der Waals surface area contributed by atoms with Crippen LogP contribution in [0.15, 0.2) is 24.3 Å². The molecule has 1 aliphatic rings. The van der Waals surface area contributed by atoms with Crippen LogP contribution >= 0.6 is 22.6 Å². The predicted octanol–water partition coefficient (Wildman–Crippen LogP) is 0.451. The lowest BCUT2D eigenvalue weighted by Gasteiger charge is -2.35. The molecule has 0 saturated carbocycles. The van der Waals surface area contributed by atoms with Crippen molar-refractivity contribution in [3.63, 3.8) is 0 Å². The molecule has 1 heterocycles. The second kappa shape index (κ2) is 6.33. The van der Waals surface area contributed by atoms with E-state index in [1.165, 1.54) is 0 Å². The molecule has 1 atom stereocenters. The van der Waals surface area contributed by atoms with E-state index in [2.05, 4.69) is 33.2 Å². The molecule has 0 spiro atoms. The third-order valence-corrected chi connectivity index (χ3v) is 4.10. The van der Waals surface area contributed by atoms with E-state index in [0.29, 0.717) is 25.2 Å². The molecule has 102 valence electrons. The zero-order chi connectivity index (χ0) is 13.8. The van der Waals surface area contributed by atoms with Crippen LogP contribution in [0.3, 0.4) is 0 Å². The summed E-state index contributed by atoms with van der Waals surface area (Å²) in [5.74, 6) is -0.216. The normalized spacial score (nSPS) is 19.1. The molecule has 1 aromatic rings. The zero-order valence-electron chi connectivity index (χ0n) is 10.6. The molecule has 1 fully saturated rings. The summed E-state index contributed by atoms with van der Waals surface area (Å²) in [7, 11) is 1.59. The first-order valence-electron chi connectivity index (χ1n) is 6.13. The SMILES string of the molecule is CNC(=O)C1CNCCN1C(=O)c1ccccc1I. The Morgan fingerprint density at radius 1 is 1.42 bits per heavy atom. The van der Waals surface area contributed by atoms with Crippen LogP contribution in [0.25, 0.3) is 0 Å². The van der Waals surface area contributed by atoms with Crippen molar-refractivity contribution < 1.29 is 9.59 Å². The van der Waals surface area contributed by atoms with Gasteiger partial charge >= 0.3 is 0 Å². The molecular weight excluding hydrogens is 357 g/mol. The highest BCUT2D eigenvalue weighted by molar-refractivity contribution is 14.1.